The Balaban J connectivity index is 1.23. The first-order valence-corrected chi connectivity index (χ1v) is 12.5. The third-order valence-corrected chi connectivity index (χ3v) is 6.31. The maximum absolute atomic E-state index is 12.9. The SMILES string of the molecule is CCC1=CC(OC(=O)n2ccc3cc(Oc4cc(COCc5ccccc5)ncn4)ccc32)=CCC1[N+](=O)[O-]. The summed E-state index contributed by atoms with van der Waals surface area (Å²) in [6.07, 6.45) is 6.27. The molecule has 10 heteroatoms. The lowest BCUT2D eigenvalue weighted by molar-refractivity contribution is -0.511. The summed E-state index contributed by atoms with van der Waals surface area (Å²) >= 11 is 0. The van der Waals surface area contributed by atoms with Crippen molar-refractivity contribution in [2.24, 2.45) is 0 Å². The van der Waals surface area contributed by atoms with Crippen LogP contribution in [0.5, 0.6) is 11.6 Å². The molecule has 0 spiro atoms. The molecule has 0 N–H and O–H groups in total. The lowest BCUT2D eigenvalue weighted by Crippen LogP contribution is -2.24. The van der Waals surface area contributed by atoms with Crippen molar-refractivity contribution < 1.29 is 23.9 Å². The van der Waals surface area contributed by atoms with Gasteiger partial charge in [-0.05, 0) is 48.4 Å². The van der Waals surface area contributed by atoms with E-state index >= 15 is 0 Å². The number of carbonyl (C=O) groups excluding carboxylic acids is 1. The fraction of sp³-hybridized carbons (Fsp3) is 0.207. The fourth-order valence-electron chi connectivity index (χ4n) is 4.32. The summed E-state index contributed by atoms with van der Waals surface area (Å²) in [5.74, 6) is 1.22. The van der Waals surface area contributed by atoms with Crippen molar-refractivity contribution in [1.29, 1.82) is 0 Å². The van der Waals surface area contributed by atoms with Gasteiger partial charge in [0.15, 0.2) is 0 Å². The number of nitrogens with zero attached hydrogens (tertiary/aromatic N) is 4. The van der Waals surface area contributed by atoms with Crippen LogP contribution in [0.25, 0.3) is 10.9 Å². The molecule has 2 aromatic carbocycles. The number of allylic oxidation sites excluding steroid dienone is 1. The van der Waals surface area contributed by atoms with Crippen LogP contribution < -0.4 is 4.74 Å². The van der Waals surface area contributed by atoms with E-state index in [1.807, 2.05) is 37.3 Å². The molecular formula is C29H26N4O6. The standard InChI is InChI=1S/C29H26N4O6/c1-2-21-14-25(9-11-27(21)33(35)36)39-29(34)32-13-12-22-15-24(8-10-26(22)32)38-28-16-23(30-19-31-28)18-37-17-20-6-4-3-5-7-20/h3-10,12-16,19,27H,2,11,17-18H2,1H3. The highest BCUT2D eigenvalue weighted by Gasteiger charge is 2.27. The Morgan fingerprint density at radius 1 is 1.10 bits per heavy atom. The van der Waals surface area contributed by atoms with E-state index in [2.05, 4.69) is 9.97 Å². The maximum Gasteiger partial charge on any atom is 0.423 e. The molecule has 0 saturated carbocycles. The van der Waals surface area contributed by atoms with Crippen molar-refractivity contribution in [2.45, 2.75) is 39.0 Å². The van der Waals surface area contributed by atoms with Gasteiger partial charge in [0.05, 0.1) is 24.4 Å². The highest BCUT2D eigenvalue weighted by atomic mass is 16.6. The van der Waals surface area contributed by atoms with Crippen molar-refractivity contribution in [3.8, 4) is 11.6 Å². The van der Waals surface area contributed by atoms with Crippen molar-refractivity contribution in [2.75, 3.05) is 0 Å². The van der Waals surface area contributed by atoms with Gasteiger partial charge < -0.3 is 14.2 Å². The minimum absolute atomic E-state index is 0.187. The summed E-state index contributed by atoms with van der Waals surface area (Å²) < 4.78 is 18.6. The molecule has 0 amide bonds. The van der Waals surface area contributed by atoms with Gasteiger partial charge >= 0.3 is 6.09 Å². The molecule has 198 valence electrons. The van der Waals surface area contributed by atoms with E-state index in [0.29, 0.717) is 53.8 Å². The number of hydrogen-bond acceptors (Lipinski definition) is 8. The number of nitro groups is 1. The van der Waals surface area contributed by atoms with Crippen molar-refractivity contribution >= 4 is 17.0 Å². The quantitative estimate of drug-likeness (QED) is 0.187. The Kier molecular flexibility index (Phi) is 7.74. The second-order valence-electron chi connectivity index (χ2n) is 8.92. The lowest BCUT2D eigenvalue weighted by Gasteiger charge is -2.17. The van der Waals surface area contributed by atoms with Crippen LogP contribution in [0.2, 0.25) is 0 Å². The smallest absolute Gasteiger partial charge is 0.423 e. The molecule has 5 rings (SSSR count). The molecule has 1 aliphatic carbocycles. The molecule has 0 aliphatic heterocycles. The molecule has 1 aliphatic rings. The lowest BCUT2D eigenvalue weighted by atomic mass is 9.96. The molecule has 0 fully saturated rings. The molecule has 1 atom stereocenters. The first kappa shape index (κ1) is 25.8. The van der Waals surface area contributed by atoms with Crippen LogP contribution in [0.4, 0.5) is 4.79 Å². The maximum atomic E-state index is 12.9. The average Bonchev–Trinajstić information content (AvgIpc) is 3.37. The Bertz CT molecular complexity index is 1560. The molecule has 2 aromatic heterocycles. The third-order valence-electron chi connectivity index (χ3n) is 6.31. The first-order valence-electron chi connectivity index (χ1n) is 12.5. The Morgan fingerprint density at radius 3 is 2.74 bits per heavy atom. The van der Waals surface area contributed by atoms with Crippen LogP contribution >= 0.6 is 0 Å². The zero-order chi connectivity index (χ0) is 27.2. The fourth-order valence-corrected chi connectivity index (χ4v) is 4.32. The molecule has 4 aromatic rings. The van der Waals surface area contributed by atoms with Crippen molar-refractivity contribution in [1.82, 2.24) is 14.5 Å². The van der Waals surface area contributed by atoms with Gasteiger partial charge in [-0.1, -0.05) is 37.3 Å². The second kappa shape index (κ2) is 11.7. The summed E-state index contributed by atoms with van der Waals surface area (Å²) in [6, 6.07) is 17.9. The van der Waals surface area contributed by atoms with Crippen molar-refractivity contribution in [3.63, 3.8) is 0 Å². The van der Waals surface area contributed by atoms with Gasteiger partial charge in [-0.15, -0.1) is 0 Å². The summed E-state index contributed by atoms with van der Waals surface area (Å²) in [4.78, 5) is 32.2. The molecule has 0 bridgehead atoms. The molecule has 10 nitrogen and oxygen atoms in total. The minimum Gasteiger partial charge on any atom is -0.439 e. The molecule has 2 heterocycles. The predicted octanol–water partition coefficient (Wildman–Crippen LogP) is 6.19. The van der Waals surface area contributed by atoms with Crippen LogP contribution in [0, 0.1) is 10.1 Å². The van der Waals surface area contributed by atoms with Gasteiger partial charge in [-0.25, -0.2) is 14.8 Å². The van der Waals surface area contributed by atoms with Gasteiger partial charge in [0.2, 0.25) is 11.9 Å². The van der Waals surface area contributed by atoms with E-state index in [9.17, 15) is 14.9 Å². The van der Waals surface area contributed by atoms with Gasteiger partial charge in [-0.3, -0.25) is 14.7 Å². The summed E-state index contributed by atoms with van der Waals surface area (Å²) in [6.45, 7) is 2.63. The van der Waals surface area contributed by atoms with Crippen molar-refractivity contribution in [3.05, 3.63) is 118 Å². The van der Waals surface area contributed by atoms with E-state index in [4.69, 9.17) is 14.2 Å². The van der Waals surface area contributed by atoms with Crippen LogP contribution in [0.3, 0.4) is 0 Å². The third kappa shape index (κ3) is 6.19. The number of hydrogen-bond donors (Lipinski definition) is 0. The zero-order valence-corrected chi connectivity index (χ0v) is 21.2. The van der Waals surface area contributed by atoms with E-state index in [1.54, 1.807) is 48.7 Å². The normalized spacial score (nSPS) is 14.9. The number of fused-ring (bicyclic) bond motifs is 1. The first-order chi connectivity index (χ1) is 19.0. The van der Waals surface area contributed by atoms with Gasteiger partial charge in [0.1, 0.15) is 17.8 Å². The van der Waals surface area contributed by atoms with E-state index < -0.39 is 12.1 Å². The van der Waals surface area contributed by atoms with Crippen LogP contribution in [0.1, 0.15) is 31.0 Å². The summed E-state index contributed by atoms with van der Waals surface area (Å²) in [5.41, 5.74) is 3.02. The number of carbonyl (C=O) groups is 1. The number of aromatic nitrogens is 3. The predicted molar refractivity (Wildman–Crippen MR) is 143 cm³/mol. The second-order valence-corrected chi connectivity index (χ2v) is 8.92. The molecule has 0 saturated heterocycles. The number of ether oxygens (including phenoxy) is 3. The molecule has 1 unspecified atom stereocenters. The Hall–Kier alpha value is -4.83. The Labute approximate surface area is 224 Å². The zero-order valence-electron chi connectivity index (χ0n) is 21.2. The van der Waals surface area contributed by atoms with E-state index in [1.165, 1.54) is 10.9 Å². The number of rotatable bonds is 9. The summed E-state index contributed by atoms with van der Waals surface area (Å²) in [7, 11) is 0. The van der Waals surface area contributed by atoms with Crippen LogP contribution in [0.15, 0.2) is 96.7 Å². The average molecular weight is 527 g/mol. The van der Waals surface area contributed by atoms with Gasteiger partial charge in [-0.2, -0.15) is 0 Å². The Morgan fingerprint density at radius 2 is 1.95 bits per heavy atom. The van der Waals surface area contributed by atoms with Crippen LogP contribution in [-0.4, -0.2) is 31.6 Å². The molecular weight excluding hydrogens is 500 g/mol. The van der Waals surface area contributed by atoms with Crippen LogP contribution in [-0.2, 0) is 22.7 Å². The highest BCUT2D eigenvalue weighted by Crippen LogP contribution is 2.27. The van der Waals surface area contributed by atoms with Gasteiger partial charge in [0.25, 0.3) is 0 Å². The van der Waals surface area contributed by atoms with E-state index in [0.717, 1.165) is 10.9 Å². The highest BCUT2D eigenvalue weighted by molar-refractivity contribution is 5.90. The number of benzene rings is 2. The summed E-state index contributed by atoms with van der Waals surface area (Å²) in [5, 5.41) is 12.0. The minimum atomic E-state index is -0.781. The molecule has 0 radical (unpaired) electrons. The monoisotopic (exact) mass is 526 g/mol. The molecule has 39 heavy (non-hydrogen) atoms. The topological polar surface area (TPSA) is 119 Å². The van der Waals surface area contributed by atoms with E-state index in [-0.39, 0.29) is 11.3 Å². The van der Waals surface area contributed by atoms with Gasteiger partial charge in [0, 0.05) is 34.6 Å². The largest absolute Gasteiger partial charge is 0.439 e.